The molecule has 120 valence electrons. The van der Waals surface area contributed by atoms with Crippen LogP contribution in [0.2, 0.25) is 0 Å². The molecule has 0 aliphatic carbocycles. The van der Waals surface area contributed by atoms with Gasteiger partial charge in [-0.15, -0.1) is 0 Å². The van der Waals surface area contributed by atoms with Gasteiger partial charge in [-0.3, -0.25) is 15.0 Å². The molecule has 0 saturated carbocycles. The van der Waals surface area contributed by atoms with Gasteiger partial charge in [0.2, 0.25) is 5.91 Å². The molecule has 2 heterocycles. The van der Waals surface area contributed by atoms with Crippen LogP contribution in [0.15, 0.2) is 24.4 Å². The smallest absolute Gasteiger partial charge is 0.321 e. The minimum atomic E-state index is -0.438. The highest BCUT2D eigenvalue weighted by Crippen LogP contribution is 2.13. The summed E-state index contributed by atoms with van der Waals surface area (Å²) in [7, 11) is 0. The highest BCUT2D eigenvalue weighted by Gasteiger charge is 2.26. The summed E-state index contributed by atoms with van der Waals surface area (Å²) in [5.74, 6) is 0.693. The summed E-state index contributed by atoms with van der Waals surface area (Å²) in [5, 5.41) is 4.92. The fourth-order valence-corrected chi connectivity index (χ4v) is 2.47. The number of hydrogen-bond donors (Lipinski definition) is 2. The number of amides is 3. The van der Waals surface area contributed by atoms with Crippen LogP contribution in [0.5, 0.6) is 0 Å². The highest BCUT2D eigenvalue weighted by atomic mass is 16.2. The molecule has 7 heteroatoms. The number of rotatable bonds is 4. The minimum Gasteiger partial charge on any atom is -0.354 e. The van der Waals surface area contributed by atoms with Crippen molar-refractivity contribution in [2.75, 3.05) is 37.6 Å². The zero-order valence-electron chi connectivity index (χ0n) is 13.1. The van der Waals surface area contributed by atoms with Crippen molar-refractivity contribution in [2.24, 2.45) is 0 Å². The van der Waals surface area contributed by atoms with Crippen molar-refractivity contribution in [1.29, 1.82) is 0 Å². The van der Waals surface area contributed by atoms with Crippen molar-refractivity contribution >= 4 is 17.8 Å². The fraction of sp³-hybridized carbons (Fsp3) is 0.533. The Labute approximate surface area is 130 Å². The van der Waals surface area contributed by atoms with Gasteiger partial charge >= 0.3 is 6.03 Å². The minimum absolute atomic E-state index is 0.266. The van der Waals surface area contributed by atoms with E-state index in [2.05, 4.69) is 25.4 Å². The van der Waals surface area contributed by atoms with Gasteiger partial charge in [-0.25, -0.2) is 9.78 Å². The summed E-state index contributed by atoms with van der Waals surface area (Å²) >= 11 is 0. The zero-order chi connectivity index (χ0) is 15.9. The number of nitrogens with one attached hydrogen (secondary N) is 2. The fourth-order valence-electron chi connectivity index (χ4n) is 2.47. The molecule has 1 unspecified atom stereocenters. The first-order chi connectivity index (χ1) is 10.6. The predicted octanol–water partition coefficient (Wildman–Crippen LogP) is 0.438. The highest BCUT2D eigenvalue weighted by molar-refractivity contribution is 5.96. The number of anilines is 1. The van der Waals surface area contributed by atoms with E-state index in [1.807, 2.05) is 32.0 Å². The average molecular weight is 305 g/mol. The molecule has 1 aromatic heterocycles. The molecule has 0 radical (unpaired) electrons. The lowest BCUT2D eigenvalue weighted by molar-refractivity contribution is -0.124. The number of pyridine rings is 1. The van der Waals surface area contributed by atoms with Crippen LogP contribution in [0.25, 0.3) is 0 Å². The molecule has 1 fully saturated rings. The molecular formula is C15H23N5O2. The number of carbonyl (C=O) groups is 2. The molecule has 2 N–H and O–H groups in total. The lowest BCUT2D eigenvalue weighted by atomic mass is 10.2. The monoisotopic (exact) mass is 305 g/mol. The van der Waals surface area contributed by atoms with Gasteiger partial charge in [-0.2, -0.15) is 0 Å². The first-order valence-electron chi connectivity index (χ1n) is 7.60. The topological polar surface area (TPSA) is 77.6 Å². The zero-order valence-corrected chi connectivity index (χ0v) is 13.1. The van der Waals surface area contributed by atoms with E-state index in [9.17, 15) is 9.59 Å². The van der Waals surface area contributed by atoms with Gasteiger partial charge in [-0.1, -0.05) is 6.07 Å². The third-order valence-corrected chi connectivity index (χ3v) is 3.79. The molecule has 2 rings (SSSR count). The predicted molar refractivity (Wildman–Crippen MR) is 84.7 cm³/mol. The summed E-state index contributed by atoms with van der Waals surface area (Å²) in [6, 6.07) is 5.09. The summed E-state index contributed by atoms with van der Waals surface area (Å²) in [4.78, 5) is 32.1. The van der Waals surface area contributed by atoms with Crippen molar-refractivity contribution in [3.05, 3.63) is 24.4 Å². The molecule has 7 nitrogen and oxygen atoms in total. The van der Waals surface area contributed by atoms with E-state index in [4.69, 9.17) is 0 Å². The van der Waals surface area contributed by atoms with E-state index in [0.29, 0.717) is 6.54 Å². The number of hydrogen-bond acceptors (Lipinski definition) is 5. The lowest BCUT2D eigenvalue weighted by Crippen LogP contribution is -2.55. The third kappa shape index (κ3) is 4.17. The number of piperazine rings is 1. The van der Waals surface area contributed by atoms with Crippen molar-refractivity contribution in [1.82, 2.24) is 20.5 Å². The Hall–Kier alpha value is -2.15. The van der Waals surface area contributed by atoms with E-state index in [1.54, 1.807) is 6.20 Å². The van der Waals surface area contributed by atoms with Gasteiger partial charge in [0.25, 0.3) is 0 Å². The van der Waals surface area contributed by atoms with Gasteiger partial charge in [0.15, 0.2) is 0 Å². The van der Waals surface area contributed by atoms with Crippen LogP contribution < -0.4 is 15.5 Å². The Morgan fingerprint density at radius 2 is 2.00 bits per heavy atom. The molecule has 0 spiro atoms. The second-order valence-electron chi connectivity index (χ2n) is 5.24. The summed E-state index contributed by atoms with van der Waals surface area (Å²) < 4.78 is 0. The van der Waals surface area contributed by atoms with E-state index < -0.39 is 6.03 Å². The van der Waals surface area contributed by atoms with Crippen LogP contribution >= 0.6 is 0 Å². The van der Waals surface area contributed by atoms with Crippen LogP contribution in [0.3, 0.4) is 0 Å². The van der Waals surface area contributed by atoms with Gasteiger partial charge < -0.3 is 10.2 Å². The summed E-state index contributed by atoms with van der Waals surface area (Å²) in [5.41, 5.74) is 0. The number of aromatic nitrogens is 1. The number of imide groups is 1. The average Bonchev–Trinajstić information content (AvgIpc) is 2.55. The normalized spacial score (nSPS) is 16.9. The molecule has 0 aromatic carbocycles. The number of carbonyl (C=O) groups excluding carboxylic acids is 2. The Morgan fingerprint density at radius 1 is 1.27 bits per heavy atom. The van der Waals surface area contributed by atoms with Gasteiger partial charge in [0.1, 0.15) is 5.82 Å². The Morgan fingerprint density at radius 3 is 2.59 bits per heavy atom. The number of nitrogens with zero attached hydrogens (tertiary/aromatic N) is 3. The first-order valence-corrected chi connectivity index (χ1v) is 7.60. The molecule has 1 aliphatic rings. The molecule has 1 saturated heterocycles. The molecule has 3 amide bonds. The van der Waals surface area contributed by atoms with E-state index in [1.165, 1.54) is 0 Å². The van der Waals surface area contributed by atoms with E-state index in [-0.39, 0.29) is 11.9 Å². The SMILES string of the molecule is CCNC(=O)NC(=O)C(C)N1CCN(c2ccccn2)CC1. The lowest BCUT2D eigenvalue weighted by Gasteiger charge is -2.37. The maximum atomic E-state index is 12.0. The van der Waals surface area contributed by atoms with Crippen molar-refractivity contribution in [3.63, 3.8) is 0 Å². The largest absolute Gasteiger partial charge is 0.354 e. The summed E-state index contributed by atoms with van der Waals surface area (Å²) in [6.07, 6.45) is 1.78. The second-order valence-corrected chi connectivity index (χ2v) is 5.24. The van der Waals surface area contributed by atoms with E-state index >= 15 is 0 Å². The number of urea groups is 1. The van der Waals surface area contributed by atoms with E-state index in [0.717, 1.165) is 32.0 Å². The van der Waals surface area contributed by atoms with Gasteiger partial charge in [-0.05, 0) is 26.0 Å². The van der Waals surface area contributed by atoms with Gasteiger partial charge in [0, 0.05) is 38.9 Å². The molecule has 1 aliphatic heterocycles. The standard InChI is InChI=1S/C15H23N5O2/c1-3-16-15(22)18-14(21)12(2)19-8-10-20(11-9-19)13-6-4-5-7-17-13/h4-7,12H,3,8-11H2,1-2H3,(H2,16,18,21,22). The Bertz CT molecular complexity index is 500. The van der Waals surface area contributed by atoms with Crippen LogP contribution in [0.4, 0.5) is 10.6 Å². The summed E-state index contributed by atoms with van der Waals surface area (Å²) in [6.45, 7) is 7.29. The Balaban J connectivity index is 1.83. The van der Waals surface area contributed by atoms with Crippen LogP contribution in [-0.2, 0) is 4.79 Å². The van der Waals surface area contributed by atoms with Crippen LogP contribution in [0.1, 0.15) is 13.8 Å². The molecule has 22 heavy (non-hydrogen) atoms. The second kappa shape index (κ2) is 7.74. The van der Waals surface area contributed by atoms with Crippen LogP contribution in [0, 0.1) is 0 Å². The first kappa shape index (κ1) is 16.2. The van der Waals surface area contributed by atoms with Crippen LogP contribution in [-0.4, -0.2) is 60.6 Å². The molecular weight excluding hydrogens is 282 g/mol. The van der Waals surface area contributed by atoms with Crippen molar-refractivity contribution in [2.45, 2.75) is 19.9 Å². The quantitative estimate of drug-likeness (QED) is 0.844. The molecule has 1 aromatic rings. The maximum Gasteiger partial charge on any atom is 0.321 e. The molecule has 0 bridgehead atoms. The molecule has 1 atom stereocenters. The van der Waals surface area contributed by atoms with Crippen molar-refractivity contribution < 1.29 is 9.59 Å². The third-order valence-electron chi connectivity index (χ3n) is 3.79. The van der Waals surface area contributed by atoms with Crippen molar-refractivity contribution in [3.8, 4) is 0 Å². The Kier molecular flexibility index (Phi) is 5.71. The van der Waals surface area contributed by atoms with Gasteiger partial charge in [0.05, 0.1) is 6.04 Å². The maximum absolute atomic E-state index is 12.0.